The van der Waals surface area contributed by atoms with Crippen LogP contribution in [0.1, 0.15) is 60.1 Å². The molecule has 1 aliphatic heterocycles. The molecule has 166 valence electrons. The van der Waals surface area contributed by atoms with Crippen LogP contribution in [0.3, 0.4) is 0 Å². The maximum absolute atomic E-state index is 11.1. The Morgan fingerprint density at radius 3 is 2.55 bits per heavy atom. The Kier molecular flexibility index (Phi) is 7.28. The summed E-state index contributed by atoms with van der Waals surface area (Å²) in [7, 11) is 0. The van der Waals surface area contributed by atoms with Crippen molar-refractivity contribution in [2.24, 2.45) is 5.92 Å². The molecular formula is C26H31BrO4. The van der Waals surface area contributed by atoms with Gasteiger partial charge in [0.05, 0.1) is 16.7 Å². The van der Waals surface area contributed by atoms with Crippen LogP contribution in [0, 0.1) is 26.7 Å². The van der Waals surface area contributed by atoms with Crippen molar-refractivity contribution in [3.8, 4) is 5.75 Å². The van der Waals surface area contributed by atoms with Gasteiger partial charge in [0.1, 0.15) is 5.75 Å². The zero-order chi connectivity index (χ0) is 22.9. The van der Waals surface area contributed by atoms with Crippen LogP contribution in [-0.2, 0) is 9.53 Å². The molecule has 0 radical (unpaired) electrons. The van der Waals surface area contributed by atoms with Crippen molar-refractivity contribution in [1.82, 2.24) is 0 Å². The molecule has 3 rings (SSSR count). The first-order valence-electron chi connectivity index (χ1n) is 10.6. The number of rotatable bonds is 6. The van der Waals surface area contributed by atoms with E-state index in [9.17, 15) is 4.79 Å². The van der Waals surface area contributed by atoms with Crippen LogP contribution >= 0.6 is 15.9 Å². The Morgan fingerprint density at radius 2 is 1.94 bits per heavy atom. The topological polar surface area (TPSA) is 55.8 Å². The molecule has 0 saturated carbocycles. The van der Waals surface area contributed by atoms with E-state index in [0.29, 0.717) is 5.75 Å². The maximum atomic E-state index is 11.1. The molecule has 1 N–H and O–H groups in total. The van der Waals surface area contributed by atoms with Crippen LogP contribution < -0.4 is 4.74 Å². The van der Waals surface area contributed by atoms with Crippen molar-refractivity contribution in [2.75, 3.05) is 6.61 Å². The molecule has 0 unspecified atom stereocenters. The number of hydrogen-bond donors (Lipinski definition) is 1. The van der Waals surface area contributed by atoms with Crippen molar-refractivity contribution in [1.29, 1.82) is 0 Å². The van der Waals surface area contributed by atoms with Gasteiger partial charge in [-0.3, -0.25) is 0 Å². The van der Waals surface area contributed by atoms with E-state index in [1.807, 2.05) is 26.0 Å². The number of carboxylic acids is 1. The van der Waals surface area contributed by atoms with E-state index in [2.05, 4.69) is 61.5 Å². The number of ether oxygens (including phenoxy) is 2. The molecule has 0 aliphatic carbocycles. The van der Waals surface area contributed by atoms with E-state index in [4.69, 9.17) is 14.6 Å². The van der Waals surface area contributed by atoms with Crippen molar-refractivity contribution in [3.05, 3.63) is 74.8 Å². The molecule has 0 bridgehead atoms. The van der Waals surface area contributed by atoms with Crippen molar-refractivity contribution < 1.29 is 19.4 Å². The summed E-state index contributed by atoms with van der Waals surface area (Å²) in [4.78, 5) is 11.1. The summed E-state index contributed by atoms with van der Waals surface area (Å²) in [5.74, 6) is -0.138. The second-order valence-electron chi connectivity index (χ2n) is 8.75. The highest BCUT2D eigenvalue weighted by atomic mass is 79.9. The molecule has 4 nitrogen and oxygen atoms in total. The molecule has 1 saturated heterocycles. The van der Waals surface area contributed by atoms with Crippen molar-refractivity contribution in [3.63, 3.8) is 0 Å². The summed E-state index contributed by atoms with van der Waals surface area (Å²) >= 11 is 3.55. The third-order valence-corrected chi connectivity index (χ3v) is 6.85. The van der Waals surface area contributed by atoms with Crippen LogP contribution in [0.25, 0.3) is 0 Å². The van der Waals surface area contributed by atoms with Crippen LogP contribution in [0.2, 0.25) is 0 Å². The number of carbonyl (C=O) groups is 1. The van der Waals surface area contributed by atoms with E-state index in [1.54, 1.807) is 0 Å². The summed E-state index contributed by atoms with van der Waals surface area (Å²) in [5, 5.41) is 9.12. The summed E-state index contributed by atoms with van der Waals surface area (Å²) in [6, 6.07) is 10.6. The number of aliphatic carboxylic acids is 1. The molecule has 0 amide bonds. The lowest BCUT2D eigenvalue weighted by Crippen LogP contribution is -2.34. The first-order chi connectivity index (χ1) is 14.6. The molecule has 1 heterocycles. The zero-order valence-electron chi connectivity index (χ0n) is 18.9. The highest BCUT2D eigenvalue weighted by Crippen LogP contribution is 2.49. The van der Waals surface area contributed by atoms with Gasteiger partial charge in [0.15, 0.2) is 6.61 Å². The Balaban J connectivity index is 2.00. The maximum Gasteiger partial charge on any atom is 0.341 e. The second-order valence-corrected chi connectivity index (χ2v) is 9.60. The van der Waals surface area contributed by atoms with Crippen LogP contribution in [-0.4, -0.2) is 23.8 Å². The van der Waals surface area contributed by atoms with Gasteiger partial charge >= 0.3 is 5.97 Å². The van der Waals surface area contributed by atoms with Crippen LogP contribution in [0.5, 0.6) is 5.75 Å². The zero-order valence-corrected chi connectivity index (χ0v) is 20.5. The average Bonchev–Trinajstić information content (AvgIpc) is 2.68. The fourth-order valence-electron chi connectivity index (χ4n) is 4.42. The molecule has 31 heavy (non-hydrogen) atoms. The normalized spacial score (nSPS) is 23.4. The third-order valence-electron chi connectivity index (χ3n) is 6.26. The SMILES string of the molecule is C=C(C)[C@H]1C[C@H](c2ccc(C)c(C)c2)[C@H](C)O[C@@H]1c1cc(C)cc(Br)c1OCC(=O)O. The molecule has 2 aromatic carbocycles. The third kappa shape index (κ3) is 5.21. The van der Waals surface area contributed by atoms with Gasteiger partial charge in [0.25, 0.3) is 0 Å². The minimum Gasteiger partial charge on any atom is -0.480 e. The predicted molar refractivity (Wildman–Crippen MR) is 127 cm³/mol. The van der Waals surface area contributed by atoms with Crippen LogP contribution in [0.15, 0.2) is 47.0 Å². The molecule has 0 spiro atoms. The Bertz CT molecular complexity index is 997. The van der Waals surface area contributed by atoms with Gasteiger partial charge in [-0.15, -0.1) is 0 Å². The molecule has 2 aromatic rings. The smallest absolute Gasteiger partial charge is 0.341 e. The lowest BCUT2D eigenvalue weighted by atomic mass is 9.75. The minimum atomic E-state index is -1.01. The summed E-state index contributed by atoms with van der Waals surface area (Å²) in [6.45, 7) is 14.3. The Hall–Kier alpha value is -2.11. The quantitative estimate of drug-likeness (QED) is 0.463. The summed E-state index contributed by atoms with van der Waals surface area (Å²) in [6.07, 6.45) is 0.651. The lowest BCUT2D eigenvalue weighted by Gasteiger charge is -2.42. The molecular weight excluding hydrogens is 456 g/mol. The molecule has 5 heteroatoms. The molecule has 1 fully saturated rings. The Morgan fingerprint density at radius 1 is 1.23 bits per heavy atom. The average molecular weight is 487 g/mol. The fraction of sp³-hybridized carbons (Fsp3) is 0.423. The van der Waals surface area contributed by atoms with Crippen LogP contribution in [0.4, 0.5) is 0 Å². The van der Waals surface area contributed by atoms with E-state index >= 15 is 0 Å². The summed E-state index contributed by atoms with van der Waals surface area (Å²) < 4.78 is 13.1. The van der Waals surface area contributed by atoms with Crippen molar-refractivity contribution in [2.45, 2.75) is 59.2 Å². The standard InChI is InChI=1S/C26H31BrO4/c1-14(2)20-12-21(19-8-7-16(4)17(5)11-19)18(6)31-25(20)22-9-15(3)10-23(27)26(22)30-13-24(28)29/h7-11,18,20-21,25H,1,12-13H2,2-6H3,(H,28,29)/t18-,20+,21-,25-/m0/s1. The molecule has 0 aromatic heterocycles. The molecule has 1 aliphatic rings. The highest BCUT2D eigenvalue weighted by Gasteiger charge is 2.39. The number of hydrogen-bond acceptors (Lipinski definition) is 3. The second kappa shape index (κ2) is 9.58. The van der Waals surface area contributed by atoms with Gasteiger partial charge in [0, 0.05) is 17.4 Å². The highest BCUT2D eigenvalue weighted by molar-refractivity contribution is 9.10. The van der Waals surface area contributed by atoms with E-state index in [1.165, 1.54) is 16.7 Å². The van der Waals surface area contributed by atoms with Crippen molar-refractivity contribution >= 4 is 21.9 Å². The lowest BCUT2D eigenvalue weighted by molar-refractivity contribution is -0.139. The van der Waals surface area contributed by atoms with Gasteiger partial charge in [-0.05, 0) is 91.4 Å². The van der Waals surface area contributed by atoms with Gasteiger partial charge < -0.3 is 14.6 Å². The monoisotopic (exact) mass is 486 g/mol. The molecule has 4 atom stereocenters. The predicted octanol–water partition coefficient (Wildman–Crippen LogP) is 6.66. The Labute approximate surface area is 193 Å². The van der Waals surface area contributed by atoms with Gasteiger partial charge in [-0.25, -0.2) is 4.79 Å². The first-order valence-corrected chi connectivity index (χ1v) is 11.4. The number of benzene rings is 2. The van der Waals surface area contributed by atoms with E-state index in [0.717, 1.165) is 27.6 Å². The number of aryl methyl sites for hydroxylation is 3. The first kappa shape index (κ1) is 23.6. The van der Waals surface area contributed by atoms with Gasteiger partial charge in [0.2, 0.25) is 0 Å². The number of carboxylic acid groups (broad SMARTS) is 1. The van der Waals surface area contributed by atoms with Gasteiger partial charge in [-0.2, -0.15) is 0 Å². The van der Waals surface area contributed by atoms with E-state index < -0.39 is 12.6 Å². The van der Waals surface area contributed by atoms with E-state index in [-0.39, 0.29) is 24.0 Å². The van der Waals surface area contributed by atoms with Gasteiger partial charge in [-0.1, -0.05) is 30.4 Å². The minimum absolute atomic E-state index is 0.00526. The number of halogens is 1. The fourth-order valence-corrected chi connectivity index (χ4v) is 5.12. The largest absolute Gasteiger partial charge is 0.480 e. The summed E-state index contributed by atoms with van der Waals surface area (Å²) in [5.41, 5.74) is 6.82.